The number of amides is 1. The van der Waals surface area contributed by atoms with Crippen molar-refractivity contribution in [3.8, 4) is 0 Å². The summed E-state index contributed by atoms with van der Waals surface area (Å²) in [6, 6.07) is 17.1. The Morgan fingerprint density at radius 1 is 1.10 bits per heavy atom. The number of anilines is 2. The Labute approximate surface area is 124 Å². The molecule has 0 fully saturated rings. The highest BCUT2D eigenvalue weighted by molar-refractivity contribution is 6.33. The summed E-state index contributed by atoms with van der Waals surface area (Å²) >= 11 is 6.03. The maximum Gasteiger partial charge on any atom is 0.243 e. The first-order valence-corrected chi connectivity index (χ1v) is 6.93. The van der Waals surface area contributed by atoms with E-state index in [9.17, 15) is 4.79 Å². The van der Waals surface area contributed by atoms with Gasteiger partial charge in [-0.05, 0) is 31.2 Å². The van der Waals surface area contributed by atoms with Crippen LogP contribution < -0.4 is 10.2 Å². The summed E-state index contributed by atoms with van der Waals surface area (Å²) in [7, 11) is 0. The van der Waals surface area contributed by atoms with E-state index in [1.54, 1.807) is 12.1 Å². The molecule has 0 aromatic heterocycles. The van der Waals surface area contributed by atoms with Crippen LogP contribution in [0.5, 0.6) is 0 Å². The molecule has 0 heterocycles. The molecule has 0 radical (unpaired) electrons. The zero-order chi connectivity index (χ0) is 14.4. The number of rotatable bonds is 5. The largest absolute Gasteiger partial charge is 0.362 e. The Hall–Kier alpha value is -2.00. The Bertz CT molecular complexity index is 572. The third-order valence-corrected chi connectivity index (χ3v) is 3.32. The van der Waals surface area contributed by atoms with Crippen LogP contribution >= 0.6 is 11.6 Å². The highest BCUT2D eigenvalue weighted by Crippen LogP contribution is 2.20. The van der Waals surface area contributed by atoms with E-state index in [0.717, 1.165) is 12.2 Å². The number of hydrogen-bond acceptors (Lipinski definition) is 2. The summed E-state index contributed by atoms with van der Waals surface area (Å²) < 4.78 is 0. The predicted molar refractivity (Wildman–Crippen MR) is 84.4 cm³/mol. The number of para-hydroxylation sites is 2. The van der Waals surface area contributed by atoms with Crippen molar-refractivity contribution in [1.82, 2.24) is 0 Å². The molecule has 3 nitrogen and oxygen atoms in total. The van der Waals surface area contributed by atoms with Crippen molar-refractivity contribution in [2.45, 2.75) is 6.92 Å². The molecule has 20 heavy (non-hydrogen) atoms. The van der Waals surface area contributed by atoms with Gasteiger partial charge in [-0.1, -0.05) is 41.9 Å². The minimum absolute atomic E-state index is 0.0798. The third kappa shape index (κ3) is 3.75. The van der Waals surface area contributed by atoms with Gasteiger partial charge in [0.25, 0.3) is 0 Å². The van der Waals surface area contributed by atoms with Gasteiger partial charge in [0.05, 0.1) is 17.3 Å². The fraction of sp³-hybridized carbons (Fsp3) is 0.188. The number of nitrogens with zero attached hydrogens (tertiary/aromatic N) is 1. The quantitative estimate of drug-likeness (QED) is 0.907. The van der Waals surface area contributed by atoms with Crippen LogP contribution in [0.1, 0.15) is 6.92 Å². The Balaban J connectivity index is 2.02. The molecule has 1 amide bonds. The maximum atomic E-state index is 12.1. The minimum Gasteiger partial charge on any atom is -0.362 e. The molecule has 2 aromatic carbocycles. The van der Waals surface area contributed by atoms with Gasteiger partial charge in [-0.25, -0.2) is 0 Å². The molecular weight excluding hydrogens is 272 g/mol. The Morgan fingerprint density at radius 3 is 2.40 bits per heavy atom. The van der Waals surface area contributed by atoms with Gasteiger partial charge in [-0.15, -0.1) is 0 Å². The monoisotopic (exact) mass is 288 g/mol. The molecule has 0 spiro atoms. The van der Waals surface area contributed by atoms with Crippen molar-refractivity contribution in [2.24, 2.45) is 0 Å². The second kappa shape index (κ2) is 6.96. The van der Waals surface area contributed by atoms with Gasteiger partial charge < -0.3 is 10.2 Å². The van der Waals surface area contributed by atoms with Gasteiger partial charge >= 0.3 is 0 Å². The highest BCUT2D eigenvalue weighted by Gasteiger charge is 2.10. The molecule has 1 N–H and O–H groups in total. The van der Waals surface area contributed by atoms with Crippen LogP contribution in [0.2, 0.25) is 5.02 Å². The first-order valence-electron chi connectivity index (χ1n) is 6.55. The number of benzene rings is 2. The average molecular weight is 289 g/mol. The smallest absolute Gasteiger partial charge is 0.243 e. The van der Waals surface area contributed by atoms with Crippen molar-refractivity contribution in [1.29, 1.82) is 0 Å². The lowest BCUT2D eigenvalue weighted by molar-refractivity contribution is -0.115. The zero-order valence-corrected chi connectivity index (χ0v) is 12.1. The molecule has 0 aliphatic heterocycles. The van der Waals surface area contributed by atoms with Gasteiger partial charge in [-0.2, -0.15) is 0 Å². The van der Waals surface area contributed by atoms with Crippen LogP contribution in [0.15, 0.2) is 54.6 Å². The number of carbonyl (C=O) groups is 1. The lowest BCUT2D eigenvalue weighted by Crippen LogP contribution is -2.33. The van der Waals surface area contributed by atoms with Crippen molar-refractivity contribution >= 4 is 28.9 Å². The van der Waals surface area contributed by atoms with Crippen LogP contribution in [-0.4, -0.2) is 19.0 Å². The molecule has 0 unspecified atom stereocenters. The number of halogens is 1. The van der Waals surface area contributed by atoms with Gasteiger partial charge in [0, 0.05) is 12.2 Å². The van der Waals surface area contributed by atoms with Crippen LogP contribution in [-0.2, 0) is 4.79 Å². The fourth-order valence-electron chi connectivity index (χ4n) is 1.95. The van der Waals surface area contributed by atoms with Crippen LogP contribution in [0, 0.1) is 0 Å². The molecule has 4 heteroatoms. The molecule has 0 aliphatic rings. The van der Waals surface area contributed by atoms with Crippen LogP contribution in [0.3, 0.4) is 0 Å². The number of hydrogen-bond donors (Lipinski definition) is 1. The molecule has 0 bridgehead atoms. The normalized spacial score (nSPS) is 10.1. The average Bonchev–Trinajstić information content (AvgIpc) is 2.48. The minimum atomic E-state index is -0.0798. The van der Waals surface area contributed by atoms with E-state index in [1.807, 2.05) is 54.3 Å². The summed E-state index contributed by atoms with van der Waals surface area (Å²) in [4.78, 5) is 14.1. The second-order valence-electron chi connectivity index (χ2n) is 4.38. The van der Waals surface area contributed by atoms with E-state index in [2.05, 4.69) is 5.32 Å². The van der Waals surface area contributed by atoms with Crippen LogP contribution in [0.4, 0.5) is 11.4 Å². The number of likely N-dealkylation sites (N-methyl/N-ethyl adjacent to an activating group) is 1. The van der Waals surface area contributed by atoms with Gasteiger partial charge in [0.15, 0.2) is 0 Å². The molecular formula is C16H17ClN2O. The molecule has 0 saturated carbocycles. The Kier molecular flexibility index (Phi) is 5.02. The molecule has 0 aliphatic carbocycles. The van der Waals surface area contributed by atoms with E-state index >= 15 is 0 Å². The zero-order valence-electron chi connectivity index (χ0n) is 11.3. The maximum absolute atomic E-state index is 12.1. The number of carbonyl (C=O) groups excluding carboxylic acids is 1. The SMILES string of the molecule is CCN(CC(=O)Nc1ccccc1Cl)c1ccccc1. The van der Waals surface area contributed by atoms with Gasteiger partial charge in [0.1, 0.15) is 0 Å². The van der Waals surface area contributed by atoms with Crippen molar-refractivity contribution in [3.63, 3.8) is 0 Å². The lowest BCUT2D eigenvalue weighted by Gasteiger charge is -2.22. The molecule has 2 rings (SSSR count). The molecule has 104 valence electrons. The summed E-state index contributed by atoms with van der Waals surface area (Å²) in [6.07, 6.45) is 0. The van der Waals surface area contributed by atoms with Gasteiger partial charge in [0.2, 0.25) is 5.91 Å². The highest BCUT2D eigenvalue weighted by atomic mass is 35.5. The summed E-state index contributed by atoms with van der Waals surface area (Å²) in [6.45, 7) is 3.08. The van der Waals surface area contributed by atoms with Crippen molar-refractivity contribution < 1.29 is 4.79 Å². The standard InChI is InChI=1S/C16H17ClN2O/c1-2-19(13-8-4-3-5-9-13)12-16(20)18-15-11-7-6-10-14(15)17/h3-11H,2,12H2,1H3,(H,18,20). The van der Waals surface area contributed by atoms with E-state index in [1.165, 1.54) is 0 Å². The summed E-state index contributed by atoms with van der Waals surface area (Å²) in [5.41, 5.74) is 1.67. The second-order valence-corrected chi connectivity index (χ2v) is 4.78. The summed E-state index contributed by atoms with van der Waals surface area (Å²) in [5, 5.41) is 3.38. The lowest BCUT2D eigenvalue weighted by atomic mass is 10.2. The van der Waals surface area contributed by atoms with E-state index in [4.69, 9.17) is 11.6 Å². The van der Waals surface area contributed by atoms with Crippen molar-refractivity contribution in [2.75, 3.05) is 23.3 Å². The summed E-state index contributed by atoms with van der Waals surface area (Å²) in [5.74, 6) is -0.0798. The predicted octanol–water partition coefficient (Wildman–Crippen LogP) is 3.81. The first kappa shape index (κ1) is 14.4. The topological polar surface area (TPSA) is 32.3 Å². The first-order chi connectivity index (χ1) is 9.70. The molecule has 0 atom stereocenters. The van der Waals surface area contributed by atoms with Crippen LogP contribution in [0.25, 0.3) is 0 Å². The van der Waals surface area contributed by atoms with Gasteiger partial charge in [-0.3, -0.25) is 4.79 Å². The van der Waals surface area contributed by atoms with E-state index in [-0.39, 0.29) is 5.91 Å². The Morgan fingerprint density at radius 2 is 1.75 bits per heavy atom. The molecule has 0 saturated heterocycles. The number of nitrogens with one attached hydrogen (secondary N) is 1. The van der Waals surface area contributed by atoms with E-state index < -0.39 is 0 Å². The van der Waals surface area contributed by atoms with Crippen molar-refractivity contribution in [3.05, 3.63) is 59.6 Å². The van der Waals surface area contributed by atoms with E-state index in [0.29, 0.717) is 17.3 Å². The molecule has 2 aromatic rings. The fourth-order valence-corrected chi connectivity index (χ4v) is 2.13. The third-order valence-electron chi connectivity index (χ3n) is 2.99.